The summed E-state index contributed by atoms with van der Waals surface area (Å²) in [6, 6.07) is 0.312. The largest absolute Gasteiger partial charge is 0.395 e. The summed E-state index contributed by atoms with van der Waals surface area (Å²) in [6.45, 7) is 8.22. The van der Waals surface area contributed by atoms with Gasteiger partial charge in [-0.25, -0.2) is 0 Å². The van der Waals surface area contributed by atoms with Crippen molar-refractivity contribution >= 4 is 0 Å². The fourth-order valence-corrected chi connectivity index (χ4v) is 2.82. The molecule has 0 aromatic heterocycles. The lowest BCUT2D eigenvalue weighted by atomic mass is 9.96. The van der Waals surface area contributed by atoms with Crippen LogP contribution >= 0.6 is 0 Å². The minimum absolute atomic E-state index is 0.275. The van der Waals surface area contributed by atoms with Crippen LogP contribution in [0.1, 0.15) is 26.7 Å². The van der Waals surface area contributed by atoms with Crippen LogP contribution in [0, 0.1) is 11.8 Å². The van der Waals surface area contributed by atoms with Crippen molar-refractivity contribution in [2.45, 2.75) is 32.7 Å². The fraction of sp³-hybridized carbons (Fsp3) is 1.00. The van der Waals surface area contributed by atoms with E-state index in [1.807, 2.05) is 0 Å². The lowest BCUT2D eigenvalue weighted by Gasteiger charge is -2.36. The smallest absolute Gasteiger partial charge is 0.0589 e. The number of likely N-dealkylation sites (tertiary alicyclic amines) is 1. The molecule has 1 fully saturated rings. The highest BCUT2D eigenvalue weighted by Crippen LogP contribution is 2.18. The summed E-state index contributed by atoms with van der Waals surface area (Å²) in [6.07, 6.45) is 2.66. The highest BCUT2D eigenvalue weighted by Gasteiger charge is 2.23. The molecule has 96 valence electrons. The molecule has 0 amide bonds. The Morgan fingerprint density at radius 3 is 2.62 bits per heavy atom. The van der Waals surface area contributed by atoms with Crippen LogP contribution < -0.4 is 0 Å². The first-order valence-electron chi connectivity index (χ1n) is 6.54. The summed E-state index contributed by atoms with van der Waals surface area (Å²) in [4.78, 5) is 4.76. The molecule has 1 aliphatic rings. The standard InChI is InChI=1S/C13H28N2O/c1-11(2)13(10-16)15(4)9-12-6-5-7-14(3)8-12/h11-13,16H,5-10H2,1-4H3. The van der Waals surface area contributed by atoms with Crippen molar-refractivity contribution in [2.75, 3.05) is 40.3 Å². The van der Waals surface area contributed by atoms with Crippen molar-refractivity contribution in [1.29, 1.82) is 0 Å². The molecule has 1 aliphatic heterocycles. The van der Waals surface area contributed by atoms with Gasteiger partial charge in [-0.1, -0.05) is 13.8 Å². The topological polar surface area (TPSA) is 26.7 Å². The van der Waals surface area contributed by atoms with Gasteiger partial charge in [0, 0.05) is 19.1 Å². The molecule has 3 nitrogen and oxygen atoms in total. The first-order valence-corrected chi connectivity index (χ1v) is 6.54. The molecule has 1 N–H and O–H groups in total. The van der Waals surface area contributed by atoms with E-state index in [0.717, 1.165) is 12.5 Å². The van der Waals surface area contributed by atoms with Gasteiger partial charge < -0.3 is 14.9 Å². The molecule has 0 aromatic rings. The van der Waals surface area contributed by atoms with Crippen molar-refractivity contribution in [3.63, 3.8) is 0 Å². The molecular formula is C13H28N2O. The van der Waals surface area contributed by atoms with Gasteiger partial charge in [-0.15, -0.1) is 0 Å². The number of rotatable bonds is 5. The number of hydrogen-bond acceptors (Lipinski definition) is 3. The van der Waals surface area contributed by atoms with Gasteiger partial charge in [0.25, 0.3) is 0 Å². The van der Waals surface area contributed by atoms with Crippen LogP contribution in [0.2, 0.25) is 0 Å². The molecule has 0 saturated carbocycles. The fourth-order valence-electron chi connectivity index (χ4n) is 2.82. The lowest BCUT2D eigenvalue weighted by Crippen LogP contribution is -2.44. The summed E-state index contributed by atoms with van der Waals surface area (Å²) in [5.41, 5.74) is 0. The van der Waals surface area contributed by atoms with Crippen LogP contribution in [-0.2, 0) is 0 Å². The summed E-state index contributed by atoms with van der Waals surface area (Å²) in [5.74, 6) is 1.30. The molecular weight excluding hydrogens is 200 g/mol. The maximum Gasteiger partial charge on any atom is 0.0589 e. The minimum atomic E-state index is 0.275. The van der Waals surface area contributed by atoms with Gasteiger partial charge in [0.1, 0.15) is 0 Å². The first kappa shape index (κ1) is 13.9. The maximum absolute atomic E-state index is 9.40. The van der Waals surface area contributed by atoms with Crippen molar-refractivity contribution in [2.24, 2.45) is 11.8 Å². The highest BCUT2D eigenvalue weighted by atomic mass is 16.3. The van der Waals surface area contributed by atoms with Gasteiger partial charge >= 0.3 is 0 Å². The van der Waals surface area contributed by atoms with Crippen LogP contribution in [0.4, 0.5) is 0 Å². The predicted molar refractivity (Wildman–Crippen MR) is 68.6 cm³/mol. The third-order valence-corrected chi connectivity index (χ3v) is 3.79. The normalized spacial score (nSPS) is 25.3. The summed E-state index contributed by atoms with van der Waals surface area (Å²) < 4.78 is 0. The van der Waals surface area contributed by atoms with Crippen molar-refractivity contribution in [3.05, 3.63) is 0 Å². The van der Waals surface area contributed by atoms with Crippen LogP contribution in [0.15, 0.2) is 0 Å². The van der Waals surface area contributed by atoms with Crippen molar-refractivity contribution < 1.29 is 5.11 Å². The SMILES string of the molecule is CC(C)C(CO)N(C)CC1CCCN(C)C1. The Balaban J connectivity index is 2.39. The van der Waals surface area contributed by atoms with E-state index < -0.39 is 0 Å². The van der Waals surface area contributed by atoms with Crippen molar-refractivity contribution in [1.82, 2.24) is 9.80 Å². The second-order valence-electron chi connectivity index (χ2n) is 5.70. The van der Waals surface area contributed by atoms with Crippen molar-refractivity contribution in [3.8, 4) is 0 Å². The molecule has 1 rings (SSSR count). The van der Waals surface area contributed by atoms with E-state index in [1.165, 1.54) is 25.9 Å². The molecule has 1 saturated heterocycles. The van der Waals surface area contributed by atoms with Gasteiger partial charge in [-0.05, 0) is 45.3 Å². The van der Waals surface area contributed by atoms with Crippen LogP contribution in [0.3, 0.4) is 0 Å². The number of likely N-dealkylation sites (N-methyl/N-ethyl adjacent to an activating group) is 1. The maximum atomic E-state index is 9.40. The lowest BCUT2D eigenvalue weighted by molar-refractivity contribution is 0.0821. The third-order valence-electron chi connectivity index (χ3n) is 3.79. The van der Waals surface area contributed by atoms with Crippen LogP contribution in [-0.4, -0.2) is 61.3 Å². The zero-order chi connectivity index (χ0) is 12.1. The molecule has 0 radical (unpaired) electrons. The molecule has 3 heteroatoms. The quantitative estimate of drug-likeness (QED) is 0.768. The van der Waals surface area contributed by atoms with E-state index in [0.29, 0.717) is 12.0 Å². The Labute approximate surface area is 100 Å². The number of hydrogen-bond donors (Lipinski definition) is 1. The first-order chi connectivity index (χ1) is 7.54. The van der Waals surface area contributed by atoms with Gasteiger partial charge in [-0.2, -0.15) is 0 Å². The Bertz CT molecular complexity index is 196. The van der Waals surface area contributed by atoms with E-state index in [9.17, 15) is 5.11 Å². The molecule has 1 heterocycles. The number of nitrogens with zero attached hydrogens (tertiary/aromatic N) is 2. The van der Waals surface area contributed by atoms with Gasteiger partial charge in [-0.3, -0.25) is 0 Å². The van der Waals surface area contributed by atoms with Gasteiger partial charge in [0.05, 0.1) is 6.61 Å². The third kappa shape index (κ3) is 4.04. The van der Waals surface area contributed by atoms with Gasteiger partial charge in [0.15, 0.2) is 0 Å². The van der Waals surface area contributed by atoms with E-state index in [-0.39, 0.29) is 6.61 Å². The summed E-state index contributed by atoms with van der Waals surface area (Å²) >= 11 is 0. The minimum Gasteiger partial charge on any atom is -0.395 e. The predicted octanol–water partition coefficient (Wildman–Crippen LogP) is 1.28. The van der Waals surface area contributed by atoms with E-state index in [2.05, 4.69) is 37.7 Å². The van der Waals surface area contributed by atoms with E-state index in [4.69, 9.17) is 0 Å². The average Bonchev–Trinajstić information content (AvgIpc) is 2.17. The molecule has 0 aromatic carbocycles. The molecule has 0 bridgehead atoms. The molecule has 0 aliphatic carbocycles. The van der Waals surface area contributed by atoms with Crippen LogP contribution in [0.25, 0.3) is 0 Å². The Morgan fingerprint density at radius 2 is 2.12 bits per heavy atom. The number of aliphatic hydroxyl groups is 1. The average molecular weight is 228 g/mol. The zero-order valence-electron chi connectivity index (χ0n) is 11.3. The second-order valence-corrected chi connectivity index (χ2v) is 5.70. The van der Waals surface area contributed by atoms with Gasteiger partial charge in [0.2, 0.25) is 0 Å². The Kier molecular flexibility index (Phi) is 5.73. The highest BCUT2D eigenvalue weighted by molar-refractivity contribution is 4.77. The van der Waals surface area contributed by atoms with E-state index >= 15 is 0 Å². The zero-order valence-corrected chi connectivity index (χ0v) is 11.3. The Morgan fingerprint density at radius 1 is 1.44 bits per heavy atom. The summed E-state index contributed by atoms with van der Waals surface area (Å²) in [7, 11) is 4.35. The second kappa shape index (κ2) is 6.58. The molecule has 16 heavy (non-hydrogen) atoms. The Hall–Kier alpha value is -0.120. The molecule has 2 atom stereocenters. The number of piperidine rings is 1. The number of aliphatic hydroxyl groups excluding tert-OH is 1. The molecule has 2 unspecified atom stereocenters. The van der Waals surface area contributed by atoms with E-state index in [1.54, 1.807) is 0 Å². The van der Waals surface area contributed by atoms with Crippen LogP contribution in [0.5, 0.6) is 0 Å². The monoisotopic (exact) mass is 228 g/mol. The summed E-state index contributed by atoms with van der Waals surface area (Å²) in [5, 5.41) is 9.40. The molecule has 0 spiro atoms.